The Morgan fingerprint density at radius 2 is 1.92 bits per heavy atom. The third-order valence-electron chi connectivity index (χ3n) is 8.48. The largest absolute Gasteiger partial charge is 0.369 e. The number of benzene rings is 1. The van der Waals surface area contributed by atoms with Gasteiger partial charge in [-0.15, -0.1) is 0 Å². The molecular formula is C23H32ClN5O6S. The first-order chi connectivity index (χ1) is 16.9. The number of halogens is 1. The second-order valence-electron chi connectivity index (χ2n) is 11.1. The summed E-state index contributed by atoms with van der Waals surface area (Å²) in [5.41, 5.74) is 5.01. The van der Waals surface area contributed by atoms with Crippen molar-refractivity contribution < 1.29 is 23.6 Å². The molecule has 1 heterocycles. The molecule has 1 saturated heterocycles. The first-order valence-corrected chi connectivity index (χ1v) is 14.1. The lowest BCUT2D eigenvalue weighted by molar-refractivity contribution is -0.384. The SMILES string of the molecule is CC1CN(CC(=O)NC2C3CC4CC2CC(C(N)=O)(C4)C3)S(O)(O)N(c2ccc(Cl)cc2[N+](=O)[O-])C1. The van der Waals surface area contributed by atoms with Crippen LogP contribution >= 0.6 is 22.6 Å². The Balaban J connectivity index is 1.32. The number of carbonyl (C=O) groups is 2. The molecule has 36 heavy (non-hydrogen) atoms. The summed E-state index contributed by atoms with van der Waals surface area (Å²) < 4.78 is 24.9. The average molecular weight is 542 g/mol. The highest BCUT2D eigenvalue weighted by Gasteiger charge is 2.58. The van der Waals surface area contributed by atoms with Crippen molar-refractivity contribution in [2.24, 2.45) is 34.8 Å². The van der Waals surface area contributed by atoms with E-state index in [2.05, 4.69) is 5.32 Å². The van der Waals surface area contributed by atoms with Gasteiger partial charge in [-0.3, -0.25) is 33.1 Å². The second-order valence-corrected chi connectivity index (χ2v) is 13.5. The van der Waals surface area contributed by atoms with Crippen LogP contribution in [0.25, 0.3) is 0 Å². The van der Waals surface area contributed by atoms with E-state index in [0.29, 0.717) is 18.8 Å². The number of nitrogens with one attached hydrogen (secondary N) is 1. The zero-order valence-corrected chi connectivity index (χ0v) is 21.6. The molecule has 5 aliphatic rings. The van der Waals surface area contributed by atoms with E-state index in [0.717, 1.165) is 19.3 Å². The highest BCUT2D eigenvalue weighted by Crippen LogP contribution is 2.60. The van der Waals surface area contributed by atoms with Crippen molar-refractivity contribution in [1.29, 1.82) is 0 Å². The van der Waals surface area contributed by atoms with Gasteiger partial charge in [-0.25, -0.2) is 0 Å². The van der Waals surface area contributed by atoms with Gasteiger partial charge in [-0.1, -0.05) is 18.5 Å². The summed E-state index contributed by atoms with van der Waals surface area (Å²) in [4.78, 5) is 36.4. The molecule has 4 bridgehead atoms. The zero-order chi connectivity index (χ0) is 26.0. The van der Waals surface area contributed by atoms with Crippen LogP contribution in [-0.4, -0.2) is 55.8 Å². The molecule has 0 spiro atoms. The van der Waals surface area contributed by atoms with Crippen molar-refractivity contribution in [2.45, 2.75) is 45.1 Å². The van der Waals surface area contributed by atoms with Crippen LogP contribution in [0.5, 0.6) is 0 Å². The van der Waals surface area contributed by atoms with E-state index in [1.54, 1.807) is 0 Å². The van der Waals surface area contributed by atoms with E-state index in [4.69, 9.17) is 17.3 Å². The molecule has 0 radical (unpaired) electrons. The summed E-state index contributed by atoms with van der Waals surface area (Å²) in [6.07, 6.45) is 4.13. The molecule has 0 aromatic heterocycles. The number of nitrogens with zero attached hydrogens (tertiary/aromatic N) is 3. The molecular weight excluding hydrogens is 510 g/mol. The third kappa shape index (κ3) is 4.32. The van der Waals surface area contributed by atoms with Crippen molar-refractivity contribution in [3.8, 4) is 0 Å². The van der Waals surface area contributed by atoms with Crippen molar-refractivity contribution >= 4 is 45.8 Å². The number of nitro groups is 1. The first-order valence-electron chi connectivity index (χ1n) is 12.2. The van der Waals surface area contributed by atoms with Gasteiger partial charge in [0.05, 0.1) is 11.5 Å². The minimum atomic E-state index is -3.70. The van der Waals surface area contributed by atoms with Crippen LogP contribution in [0, 0.1) is 39.2 Å². The van der Waals surface area contributed by atoms with Gasteiger partial charge in [0.2, 0.25) is 11.8 Å². The molecule has 1 aromatic carbocycles. The average Bonchev–Trinajstić information content (AvgIpc) is 2.78. The standard InChI is InChI=1S/C23H32ClN5O6S/c1-13-10-27(36(34,35)28(11-13)18-3-2-17(24)6-19(18)29(32)33)12-20(30)26-21-15-4-14-5-16(21)9-23(7-14,8-15)22(25)31/h2-3,6,13-16,21,34-35H,4-5,7-12H2,1H3,(H2,25,31)(H,26,30). The number of carbonyl (C=O) groups excluding carboxylic acids is 2. The Morgan fingerprint density at radius 3 is 2.53 bits per heavy atom. The highest BCUT2D eigenvalue weighted by molar-refractivity contribution is 8.23. The van der Waals surface area contributed by atoms with Crippen LogP contribution in [0.2, 0.25) is 5.02 Å². The van der Waals surface area contributed by atoms with E-state index >= 15 is 0 Å². The van der Waals surface area contributed by atoms with Gasteiger partial charge in [-0.2, -0.15) is 4.31 Å². The fourth-order valence-electron chi connectivity index (χ4n) is 7.22. The fourth-order valence-corrected chi connectivity index (χ4v) is 9.28. The molecule has 4 saturated carbocycles. The predicted molar refractivity (Wildman–Crippen MR) is 136 cm³/mol. The summed E-state index contributed by atoms with van der Waals surface area (Å²) in [7, 11) is -3.70. The van der Waals surface area contributed by atoms with Gasteiger partial charge < -0.3 is 11.1 Å². The minimum absolute atomic E-state index is 0.0409. The van der Waals surface area contributed by atoms with Crippen molar-refractivity contribution in [3.05, 3.63) is 33.3 Å². The van der Waals surface area contributed by atoms with Gasteiger partial charge >= 0.3 is 0 Å². The minimum Gasteiger partial charge on any atom is -0.369 e. The number of nitro benzene ring substituents is 1. The fraction of sp³-hybridized carbons (Fsp3) is 0.652. The third-order valence-corrected chi connectivity index (χ3v) is 10.6. The summed E-state index contributed by atoms with van der Waals surface area (Å²) in [5, 5.41) is 14.9. The van der Waals surface area contributed by atoms with Crippen LogP contribution in [0.1, 0.15) is 39.0 Å². The van der Waals surface area contributed by atoms with Crippen LogP contribution in [0.15, 0.2) is 18.2 Å². The number of hydrogen-bond donors (Lipinski definition) is 4. The molecule has 198 valence electrons. The molecule has 13 heteroatoms. The van der Waals surface area contributed by atoms with Crippen LogP contribution < -0.4 is 15.4 Å². The Kier molecular flexibility index (Phi) is 6.39. The molecule has 1 aromatic rings. The van der Waals surface area contributed by atoms with E-state index in [9.17, 15) is 28.8 Å². The lowest BCUT2D eigenvalue weighted by Gasteiger charge is -2.59. The smallest absolute Gasteiger partial charge is 0.295 e. The second kappa shape index (κ2) is 9.02. The van der Waals surface area contributed by atoms with Crippen molar-refractivity contribution in [1.82, 2.24) is 9.62 Å². The number of hydrogen-bond acceptors (Lipinski definition) is 8. The van der Waals surface area contributed by atoms with Gasteiger partial charge in [0.25, 0.3) is 5.69 Å². The van der Waals surface area contributed by atoms with E-state index < -0.39 is 21.3 Å². The molecule has 5 fully saturated rings. The van der Waals surface area contributed by atoms with Gasteiger partial charge in [0.15, 0.2) is 0 Å². The topological polar surface area (TPSA) is 162 Å². The molecule has 2 amide bonds. The number of rotatable bonds is 6. The lowest BCUT2D eigenvalue weighted by atomic mass is 9.47. The van der Waals surface area contributed by atoms with E-state index in [-0.39, 0.29) is 71.6 Å². The highest BCUT2D eigenvalue weighted by atomic mass is 35.5. The van der Waals surface area contributed by atoms with Crippen molar-refractivity contribution in [3.63, 3.8) is 0 Å². The number of primary amides is 1. The van der Waals surface area contributed by atoms with Crippen molar-refractivity contribution in [2.75, 3.05) is 23.9 Å². The zero-order valence-electron chi connectivity index (χ0n) is 20.0. The molecule has 3 atom stereocenters. The maximum Gasteiger partial charge on any atom is 0.295 e. The summed E-state index contributed by atoms with van der Waals surface area (Å²) in [5.74, 6) is 0.161. The van der Waals surface area contributed by atoms with Crippen LogP contribution in [0.3, 0.4) is 0 Å². The van der Waals surface area contributed by atoms with Gasteiger partial charge in [-0.05, 0) is 78.9 Å². The maximum absolute atomic E-state index is 13.2. The Labute approximate surface area is 216 Å². The first kappa shape index (κ1) is 25.5. The molecule has 5 N–H and O–H groups in total. The normalized spacial score (nSPS) is 35.9. The Hall–Kier alpha value is -2.12. The molecule has 3 unspecified atom stereocenters. The molecule has 4 aliphatic carbocycles. The van der Waals surface area contributed by atoms with Gasteiger partial charge in [0, 0.05) is 35.6 Å². The maximum atomic E-state index is 13.2. The Morgan fingerprint density at radius 1 is 1.25 bits per heavy atom. The van der Waals surface area contributed by atoms with E-state index in [1.807, 2.05) is 6.92 Å². The summed E-state index contributed by atoms with van der Waals surface area (Å²) in [6.45, 7) is 2.05. The van der Waals surface area contributed by atoms with Crippen LogP contribution in [0.4, 0.5) is 11.4 Å². The molecule has 1 aliphatic heterocycles. The van der Waals surface area contributed by atoms with Gasteiger partial charge in [0.1, 0.15) is 5.69 Å². The number of nitrogens with two attached hydrogens (primary N) is 1. The summed E-state index contributed by atoms with van der Waals surface area (Å²) >= 11 is 5.94. The number of anilines is 1. The lowest BCUT2D eigenvalue weighted by Crippen LogP contribution is -2.63. The quantitative estimate of drug-likeness (QED) is 0.314. The summed E-state index contributed by atoms with van der Waals surface area (Å²) in [6, 6.07) is 3.96. The predicted octanol–water partition coefficient (Wildman–Crippen LogP) is 3.38. The van der Waals surface area contributed by atoms with Crippen LogP contribution in [-0.2, 0) is 9.59 Å². The Bertz CT molecular complexity index is 1090. The number of amides is 2. The molecule has 11 nitrogen and oxygen atoms in total. The molecule has 6 rings (SSSR count). The van der Waals surface area contributed by atoms with E-state index in [1.165, 1.54) is 26.8 Å². The monoisotopic (exact) mass is 541 g/mol.